The molecule has 0 amide bonds. The van der Waals surface area contributed by atoms with Crippen molar-refractivity contribution in [1.82, 2.24) is 15.0 Å². The zero-order valence-electron chi connectivity index (χ0n) is 17.1. The first-order valence-electron chi connectivity index (χ1n) is 10.9. The maximum absolute atomic E-state index is 10.5. The zero-order valence-corrected chi connectivity index (χ0v) is 17.1. The topological polar surface area (TPSA) is 123 Å². The van der Waals surface area contributed by atoms with Gasteiger partial charge in [-0.05, 0) is 37.8 Å². The van der Waals surface area contributed by atoms with Crippen LogP contribution in [0.5, 0.6) is 0 Å². The Morgan fingerprint density at radius 3 is 2.55 bits per heavy atom. The number of hydrogen-bond acceptors (Lipinski definition) is 8. The predicted octanol–water partition coefficient (Wildman–Crippen LogP) is 2.17. The molecule has 8 nitrogen and oxygen atoms in total. The van der Waals surface area contributed by atoms with Gasteiger partial charge in [0, 0.05) is 30.1 Å². The molecule has 0 radical (unpaired) electrons. The molecule has 0 saturated heterocycles. The molecule has 2 aromatic heterocycles. The smallest absolute Gasteiger partial charge is 0.224 e. The van der Waals surface area contributed by atoms with E-state index in [1.54, 1.807) is 6.20 Å². The highest BCUT2D eigenvalue weighted by atomic mass is 16.3. The van der Waals surface area contributed by atoms with Crippen molar-refractivity contribution in [3.8, 4) is 11.3 Å². The van der Waals surface area contributed by atoms with Gasteiger partial charge in [-0.1, -0.05) is 24.3 Å². The first-order valence-corrected chi connectivity index (χ1v) is 10.9. The minimum atomic E-state index is -0.993. The summed E-state index contributed by atoms with van der Waals surface area (Å²) in [6.45, 7) is -0.173. The third-order valence-electron chi connectivity index (χ3n) is 6.46. The Bertz CT molecular complexity index is 1070. The summed E-state index contributed by atoms with van der Waals surface area (Å²) in [5, 5.41) is 37.9. The molecule has 0 aliphatic heterocycles. The van der Waals surface area contributed by atoms with Crippen LogP contribution in [0.1, 0.15) is 25.7 Å². The molecule has 5 N–H and O–H groups in total. The Kier molecular flexibility index (Phi) is 5.43. The lowest BCUT2D eigenvalue weighted by molar-refractivity contribution is 0.00446. The van der Waals surface area contributed by atoms with Gasteiger partial charge in [-0.3, -0.25) is 0 Å². The summed E-state index contributed by atoms with van der Waals surface area (Å²) in [7, 11) is 0. The average molecular weight is 422 g/mol. The minimum Gasteiger partial charge on any atom is -0.396 e. The van der Waals surface area contributed by atoms with E-state index in [2.05, 4.69) is 15.6 Å². The molecule has 2 aliphatic rings. The van der Waals surface area contributed by atoms with Gasteiger partial charge in [0.1, 0.15) is 11.9 Å². The van der Waals surface area contributed by atoms with Crippen molar-refractivity contribution in [3.63, 3.8) is 0 Å². The Labute approximate surface area is 180 Å². The van der Waals surface area contributed by atoms with E-state index in [1.807, 2.05) is 36.4 Å². The second kappa shape index (κ2) is 8.37. The van der Waals surface area contributed by atoms with Gasteiger partial charge in [0.15, 0.2) is 0 Å². The van der Waals surface area contributed by atoms with E-state index in [1.165, 1.54) is 6.42 Å². The van der Waals surface area contributed by atoms with Crippen LogP contribution in [0.3, 0.4) is 0 Å². The van der Waals surface area contributed by atoms with Crippen molar-refractivity contribution in [2.24, 2.45) is 5.92 Å². The maximum Gasteiger partial charge on any atom is 0.224 e. The number of anilines is 2. The minimum absolute atomic E-state index is 0.173. The van der Waals surface area contributed by atoms with Gasteiger partial charge in [0.05, 0.1) is 28.9 Å². The van der Waals surface area contributed by atoms with E-state index < -0.39 is 18.2 Å². The molecule has 2 saturated carbocycles. The van der Waals surface area contributed by atoms with E-state index in [-0.39, 0.29) is 12.5 Å². The molecule has 3 aromatic rings. The Morgan fingerprint density at radius 2 is 1.81 bits per heavy atom. The van der Waals surface area contributed by atoms with Crippen LogP contribution in [0.25, 0.3) is 22.2 Å². The van der Waals surface area contributed by atoms with Crippen LogP contribution in [0.2, 0.25) is 0 Å². The first kappa shape index (κ1) is 20.1. The summed E-state index contributed by atoms with van der Waals surface area (Å²) in [6.07, 6.45) is 3.63. The van der Waals surface area contributed by atoms with Crippen molar-refractivity contribution in [3.05, 3.63) is 42.6 Å². The number of fused-ring (bicyclic) bond motifs is 1. The van der Waals surface area contributed by atoms with Crippen molar-refractivity contribution >= 4 is 22.7 Å². The van der Waals surface area contributed by atoms with Crippen LogP contribution in [0, 0.1) is 5.92 Å². The molecule has 162 valence electrons. The van der Waals surface area contributed by atoms with Crippen LogP contribution >= 0.6 is 0 Å². The van der Waals surface area contributed by atoms with Crippen LogP contribution in [0.15, 0.2) is 42.6 Å². The highest BCUT2D eigenvalue weighted by Crippen LogP contribution is 2.33. The number of para-hydroxylation sites is 1. The number of benzene rings is 1. The van der Waals surface area contributed by atoms with Crippen LogP contribution in [-0.2, 0) is 0 Å². The van der Waals surface area contributed by atoms with E-state index >= 15 is 0 Å². The number of aliphatic hydroxyl groups is 3. The Hall–Kier alpha value is -2.81. The van der Waals surface area contributed by atoms with Gasteiger partial charge in [-0.2, -0.15) is 4.98 Å². The summed E-state index contributed by atoms with van der Waals surface area (Å²) in [6, 6.07) is 11.8. The largest absolute Gasteiger partial charge is 0.396 e. The van der Waals surface area contributed by atoms with E-state index in [0.717, 1.165) is 35.0 Å². The molecule has 2 fully saturated rings. The molecule has 2 heterocycles. The number of hydrogen-bond donors (Lipinski definition) is 5. The molecule has 5 rings (SSSR count). The van der Waals surface area contributed by atoms with E-state index in [0.29, 0.717) is 24.2 Å². The lowest BCUT2D eigenvalue weighted by Gasteiger charge is -2.27. The SMILES string of the molecule is OCC1CC(Nc2nc(NC3CCC3)ncc2-c2ccc3ccccc3n2)C(O)C1O. The van der Waals surface area contributed by atoms with Gasteiger partial charge in [-0.15, -0.1) is 0 Å². The van der Waals surface area contributed by atoms with Crippen molar-refractivity contribution in [2.75, 3.05) is 17.2 Å². The number of nitrogens with one attached hydrogen (secondary N) is 2. The molecule has 8 heteroatoms. The monoisotopic (exact) mass is 421 g/mol. The van der Waals surface area contributed by atoms with Crippen LogP contribution < -0.4 is 10.6 Å². The number of nitrogens with zero attached hydrogens (tertiary/aromatic N) is 3. The summed E-state index contributed by atoms with van der Waals surface area (Å²) in [5.74, 6) is 0.710. The number of pyridine rings is 1. The third kappa shape index (κ3) is 3.94. The summed E-state index contributed by atoms with van der Waals surface area (Å²) in [4.78, 5) is 14.0. The molecule has 2 aliphatic carbocycles. The molecular formula is C23H27N5O3. The van der Waals surface area contributed by atoms with Gasteiger partial charge in [0.2, 0.25) is 5.95 Å². The average Bonchev–Trinajstić information content (AvgIpc) is 3.04. The number of aromatic nitrogens is 3. The molecule has 1 aromatic carbocycles. The normalized spacial score (nSPS) is 26.0. The molecule has 31 heavy (non-hydrogen) atoms. The lowest BCUT2D eigenvalue weighted by Crippen LogP contribution is -2.36. The highest BCUT2D eigenvalue weighted by Gasteiger charge is 2.41. The Morgan fingerprint density at radius 1 is 0.968 bits per heavy atom. The highest BCUT2D eigenvalue weighted by molar-refractivity contribution is 5.83. The van der Waals surface area contributed by atoms with E-state index in [9.17, 15) is 15.3 Å². The fourth-order valence-electron chi connectivity index (χ4n) is 4.32. The summed E-state index contributed by atoms with van der Waals surface area (Å²) >= 11 is 0. The van der Waals surface area contributed by atoms with Gasteiger partial charge < -0.3 is 26.0 Å². The molecule has 0 spiro atoms. The molecule has 4 unspecified atom stereocenters. The van der Waals surface area contributed by atoms with Gasteiger partial charge >= 0.3 is 0 Å². The lowest BCUT2D eigenvalue weighted by atomic mass is 9.93. The maximum atomic E-state index is 10.5. The van der Waals surface area contributed by atoms with Crippen LogP contribution in [0.4, 0.5) is 11.8 Å². The van der Waals surface area contributed by atoms with Crippen molar-refractivity contribution in [1.29, 1.82) is 0 Å². The number of aliphatic hydroxyl groups excluding tert-OH is 3. The zero-order chi connectivity index (χ0) is 21.4. The van der Waals surface area contributed by atoms with E-state index in [4.69, 9.17) is 9.97 Å². The van der Waals surface area contributed by atoms with Gasteiger partial charge in [0.25, 0.3) is 0 Å². The fourth-order valence-corrected chi connectivity index (χ4v) is 4.32. The summed E-state index contributed by atoms with van der Waals surface area (Å²) < 4.78 is 0. The van der Waals surface area contributed by atoms with Crippen LogP contribution in [-0.4, -0.2) is 61.2 Å². The molecular weight excluding hydrogens is 394 g/mol. The first-order chi connectivity index (χ1) is 15.1. The number of rotatable bonds is 6. The second-order valence-electron chi connectivity index (χ2n) is 8.53. The molecule has 4 atom stereocenters. The Balaban J connectivity index is 1.50. The van der Waals surface area contributed by atoms with Gasteiger partial charge in [-0.25, -0.2) is 9.97 Å². The van der Waals surface area contributed by atoms with Crippen molar-refractivity contribution < 1.29 is 15.3 Å². The standard InChI is InChI=1S/C23H27N5O3/c29-12-14-10-19(21(31)20(14)30)27-22-16(11-24-23(28-22)25-15-5-3-6-15)18-9-8-13-4-1-2-7-17(13)26-18/h1-2,4,7-9,11,14-15,19-21,29-31H,3,5-6,10,12H2,(H2,24,25,27,28). The quantitative estimate of drug-likeness (QED) is 0.410. The summed E-state index contributed by atoms with van der Waals surface area (Å²) in [5.41, 5.74) is 2.32. The third-order valence-corrected chi connectivity index (χ3v) is 6.46. The fraction of sp³-hybridized carbons (Fsp3) is 0.435. The second-order valence-corrected chi connectivity index (χ2v) is 8.53. The predicted molar refractivity (Wildman–Crippen MR) is 119 cm³/mol. The molecule has 0 bridgehead atoms. The van der Waals surface area contributed by atoms with Crippen molar-refractivity contribution in [2.45, 2.75) is 50.0 Å².